The molecule has 1 atom stereocenters. The van der Waals surface area contributed by atoms with Crippen molar-refractivity contribution >= 4 is 16.9 Å². The number of carboxylic acids is 1. The summed E-state index contributed by atoms with van der Waals surface area (Å²) in [6, 6.07) is 7.66. The van der Waals surface area contributed by atoms with Crippen LogP contribution in [0, 0.1) is 0 Å². The van der Waals surface area contributed by atoms with E-state index >= 15 is 0 Å². The number of nitrogens with zero attached hydrogens (tertiary/aromatic N) is 1. The number of aryl methyl sites for hydroxylation is 1. The Morgan fingerprint density at radius 1 is 1.44 bits per heavy atom. The molecule has 2 aromatic rings. The predicted molar refractivity (Wildman–Crippen MR) is 69.5 cm³/mol. The lowest BCUT2D eigenvalue weighted by Crippen LogP contribution is -2.30. The second-order valence-corrected chi connectivity index (χ2v) is 4.92. The van der Waals surface area contributed by atoms with Gasteiger partial charge in [-0.3, -0.25) is 10.1 Å². The molecule has 0 saturated heterocycles. The van der Waals surface area contributed by atoms with Crippen molar-refractivity contribution in [1.82, 2.24) is 9.88 Å². The minimum atomic E-state index is -0.807. The van der Waals surface area contributed by atoms with Gasteiger partial charge in [-0.05, 0) is 18.9 Å². The minimum absolute atomic E-state index is 0.366. The topological polar surface area (TPSA) is 54.3 Å². The Hall–Kier alpha value is -1.81. The SMILES string of the molecule is Cn1cc(C(NC2CC2)C(=O)O)c2ccccc21. The van der Waals surface area contributed by atoms with Crippen molar-refractivity contribution in [3.05, 3.63) is 36.0 Å². The number of fused-ring (bicyclic) bond motifs is 1. The van der Waals surface area contributed by atoms with Crippen molar-refractivity contribution in [2.24, 2.45) is 7.05 Å². The molecule has 1 aromatic heterocycles. The second kappa shape index (κ2) is 4.14. The van der Waals surface area contributed by atoms with E-state index in [2.05, 4.69) is 5.32 Å². The number of rotatable bonds is 4. The average Bonchev–Trinajstić information content (AvgIpc) is 3.12. The number of carbonyl (C=O) groups is 1. The monoisotopic (exact) mass is 244 g/mol. The fourth-order valence-electron chi connectivity index (χ4n) is 2.38. The standard InChI is InChI=1S/C14H16N2O2/c1-16-8-11(10-4-2-3-5-12(10)16)13(14(17)18)15-9-6-7-9/h2-5,8-9,13,15H,6-7H2,1H3,(H,17,18). The lowest BCUT2D eigenvalue weighted by Gasteiger charge is -2.13. The van der Waals surface area contributed by atoms with Gasteiger partial charge in [-0.1, -0.05) is 18.2 Å². The molecule has 94 valence electrons. The summed E-state index contributed by atoms with van der Waals surface area (Å²) in [7, 11) is 1.95. The highest BCUT2D eigenvalue weighted by atomic mass is 16.4. The van der Waals surface area contributed by atoms with Gasteiger partial charge in [0, 0.05) is 35.8 Å². The summed E-state index contributed by atoms with van der Waals surface area (Å²) in [4.78, 5) is 11.4. The third-order valence-electron chi connectivity index (χ3n) is 3.47. The van der Waals surface area contributed by atoms with Gasteiger partial charge in [0.15, 0.2) is 0 Å². The first kappa shape index (κ1) is 11.3. The molecule has 1 aliphatic carbocycles. The van der Waals surface area contributed by atoms with Gasteiger partial charge < -0.3 is 9.67 Å². The highest BCUT2D eigenvalue weighted by Crippen LogP contribution is 2.29. The molecule has 1 unspecified atom stereocenters. The van der Waals surface area contributed by atoms with Crippen molar-refractivity contribution < 1.29 is 9.90 Å². The van der Waals surface area contributed by atoms with Crippen LogP contribution in [0.5, 0.6) is 0 Å². The average molecular weight is 244 g/mol. The second-order valence-electron chi connectivity index (χ2n) is 4.92. The van der Waals surface area contributed by atoms with Gasteiger partial charge in [0.25, 0.3) is 0 Å². The normalized spacial score (nSPS) is 16.9. The number of aromatic nitrogens is 1. The molecule has 0 bridgehead atoms. The third kappa shape index (κ3) is 1.88. The van der Waals surface area contributed by atoms with E-state index in [0.29, 0.717) is 6.04 Å². The number of carboxylic acid groups (broad SMARTS) is 1. The molecular formula is C14H16N2O2. The Morgan fingerprint density at radius 3 is 2.83 bits per heavy atom. The quantitative estimate of drug-likeness (QED) is 0.865. The zero-order valence-corrected chi connectivity index (χ0v) is 10.3. The molecule has 0 amide bonds. The summed E-state index contributed by atoms with van der Waals surface area (Å²) in [6.45, 7) is 0. The largest absolute Gasteiger partial charge is 0.480 e. The fraction of sp³-hybridized carbons (Fsp3) is 0.357. The van der Waals surface area contributed by atoms with Crippen molar-refractivity contribution in [1.29, 1.82) is 0 Å². The van der Waals surface area contributed by atoms with Gasteiger partial charge in [0.2, 0.25) is 0 Å². The molecular weight excluding hydrogens is 228 g/mol. The van der Waals surface area contributed by atoms with E-state index in [0.717, 1.165) is 29.3 Å². The molecule has 2 N–H and O–H groups in total. The van der Waals surface area contributed by atoms with E-state index in [4.69, 9.17) is 0 Å². The van der Waals surface area contributed by atoms with E-state index in [9.17, 15) is 9.90 Å². The zero-order valence-electron chi connectivity index (χ0n) is 10.3. The minimum Gasteiger partial charge on any atom is -0.480 e. The molecule has 4 nitrogen and oxygen atoms in total. The van der Waals surface area contributed by atoms with Crippen LogP contribution in [0.25, 0.3) is 10.9 Å². The first-order valence-corrected chi connectivity index (χ1v) is 6.19. The van der Waals surface area contributed by atoms with E-state index < -0.39 is 12.0 Å². The van der Waals surface area contributed by atoms with Crippen LogP contribution in [0.4, 0.5) is 0 Å². The lowest BCUT2D eigenvalue weighted by molar-refractivity contribution is -0.139. The molecule has 0 radical (unpaired) electrons. The number of hydrogen-bond donors (Lipinski definition) is 2. The van der Waals surface area contributed by atoms with Crippen LogP contribution in [0.2, 0.25) is 0 Å². The number of nitrogens with one attached hydrogen (secondary N) is 1. The molecule has 1 fully saturated rings. The van der Waals surface area contributed by atoms with Gasteiger partial charge in [0.1, 0.15) is 6.04 Å². The first-order valence-electron chi connectivity index (χ1n) is 6.19. The third-order valence-corrected chi connectivity index (χ3v) is 3.47. The molecule has 3 rings (SSSR count). The molecule has 0 spiro atoms. The van der Waals surface area contributed by atoms with Crippen LogP contribution in [-0.4, -0.2) is 21.7 Å². The number of benzene rings is 1. The van der Waals surface area contributed by atoms with Crippen LogP contribution in [-0.2, 0) is 11.8 Å². The fourth-order valence-corrected chi connectivity index (χ4v) is 2.38. The first-order chi connectivity index (χ1) is 8.66. The Bertz CT molecular complexity index is 599. The van der Waals surface area contributed by atoms with Gasteiger partial charge in [-0.2, -0.15) is 0 Å². The number of aliphatic carboxylic acids is 1. The maximum absolute atomic E-state index is 11.4. The van der Waals surface area contributed by atoms with E-state index in [1.807, 2.05) is 42.1 Å². The Balaban J connectivity index is 2.07. The number of para-hydroxylation sites is 1. The summed E-state index contributed by atoms with van der Waals surface area (Å²) in [5.74, 6) is -0.807. The summed E-state index contributed by atoms with van der Waals surface area (Å²) in [5.41, 5.74) is 1.92. The van der Waals surface area contributed by atoms with E-state index in [1.54, 1.807) is 0 Å². The summed E-state index contributed by atoms with van der Waals surface area (Å²) >= 11 is 0. The van der Waals surface area contributed by atoms with Gasteiger partial charge in [-0.25, -0.2) is 0 Å². The zero-order chi connectivity index (χ0) is 12.7. The van der Waals surface area contributed by atoms with E-state index in [-0.39, 0.29) is 0 Å². The maximum Gasteiger partial charge on any atom is 0.325 e. The van der Waals surface area contributed by atoms with Crippen LogP contribution in [0.1, 0.15) is 24.4 Å². The molecule has 1 heterocycles. The van der Waals surface area contributed by atoms with Crippen molar-refractivity contribution in [2.45, 2.75) is 24.9 Å². The Kier molecular flexibility index (Phi) is 2.59. The van der Waals surface area contributed by atoms with Crippen LogP contribution >= 0.6 is 0 Å². The molecule has 18 heavy (non-hydrogen) atoms. The summed E-state index contributed by atoms with van der Waals surface area (Å²) < 4.78 is 1.98. The smallest absolute Gasteiger partial charge is 0.325 e. The molecule has 1 aliphatic rings. The Morgan fingerprint density at radius 2 is 2.17 bits per heavy atom. The maximum atomic E-state index is 11.4. The lowest BCUT2D eigenvalue weighted by atomic mass is 10.1. The van der Waals surface area contributed by atoms with Gasteiger partial charge in [-0.15, -0.1) is 0 Å². The van der Waals surface area contributed by atoms with Gasteiger partial charge >= 0.3 is 5.97 Å². The van der Waals surface area contributed by atoms with Crippen molar-refractivity contribution in [3.63, 3.8) is 0 Å². The highest BCUT2D eigenvalue weighted by Gasteiger charge is 2.30. The number of hydrogen-bond acceptors (Lipinski definition) is 2. The van der Waals surface area contributed by atoms with Crippen LogP contribution in [0.15, 0.2) is 30.5 Å². The van der Waals surface area contributed by atoms with Crippen LogP contribution in [0.3, 0.4) is 0 Å². The predicted octanol–water partition coefficient (Wildman–Crippen LogP) is 2.06. The van der Waals surface area contributed by atoms with Crippen LogP contribution < -0.4 is 5.32 Å². The highest BCUT2D eigenvalue weighted by molar-refractivity contribution is 5.89. The molecule has 1 saturated carbocycles. The summed E-state index contributed by atoms with van der Waals surface area (Å²) in [6.07, 6.45) is 4.07. The Labute approximate surface area is 105 Å². The molecule has 4 heteroatoms. The summed E-state index contributed by atoms with van der Waals surface area (Å²) in [5, 5.41) is 13.6. The van der Waals surface area contributed by atoms with Crippen molar-refractivity contribution in [3.8, 4) is 0 Å². The van der Waals surface area contributed by atoms with Gasteiger partial charge in [0.05, 0.1) is 0 Å². The van der Waals surface area contributed by atoms with Crippen molar-refractivity contribution in [2.75, 3.05) is 0 Å². The molecule has 0 aliphatic heterocycles. The van der Waals surface area contributed by atoms with E-state index in [1.165, 1.54) is 0 Å². The molecule has 1 aromatic carbocycles.